The summed E-state index contributed by atoms with van der Waals surface area (Å²) in [6.45, 7) is -0.221. The van der Waals surface area contributed by atoms with E-state index in [4.69, 9.17) is 5.73 Å². The molecule has 1 aromatic rings. The predicted molar refractivity (Wildman–Crippen MR) is 64.0 cm³/mol. The Balaban J connectivity index is 2.49. The van der Waals surface area contributed by atoms with Crippen molar-refractivity contribution in [2.24, 2.45) is 5.73 Å². The predicted octanol–water partition coefficient (Wildman–Crippen LogP) is 0.0800. The molecule has 0 saturated carbocycles. The second kappa shape index (κ2) is 6.24. The van der Waals surface area contributed by atoms with Gasteiger partial charge in [0, 0.05) is 11.3 Å². The number of methoxy groups -OCH3 is 1. The Bertz CT molecular complexity index is 456. The monoisotopic (exact) mass is 251 g/mol. The van der Waals surface area contributed by atoms with E-state index in [1.807, 2.05) is 0 Å². The van der Waals surface area contributed by atoms with Gasteiger partial charge in [-0.25, -0.2) is 4.79 Å². The van der Waals surface area contributed by atoms with Crippen molar-refractivity contribution in [1.29, 1.82) is 0 Å². The van der Waals surface area contributed by atoms with Crippen molar-refractivity contribution in [1.82, 2.24) is 5.32 Å². The van der Waals surface area contributed by atoms with Gasteiger partial charge in [-0.1, -0.05) is 0 Å². The molecule has 0 aliphatic heterocycles. The van der Waals surface area contributed by atoms with Gasteiger partial charge >= 0.3 is 12.0 Å². The molecule has 0 atom stereocenters. The van der Waals surface area contributed by atoms with Crippen LogP contribution in [0.1, 0.15) is 10.4 Å². The summed E-state index contributed by atoms with van der Waals surface area (Å²) >= 11 is 0. The normalized spacial score (nSPS) is 9.39. The van der Waals surface area contributed by atoms with Gasteiger partial charge in [0.15, 0.2) is 0 Å². The molecule has 18 heavy (non-hydrogen) atoms. The number of rotatable bonds is 4. The average Bonchev–Trinajstić information content (AvgIpc) is 2.36. The maximum atomic E-state index is 11.3. The van der Waals surface area contributed by atoms with Crippen LogP contribution in [0.25, 0.3) is 0 Å². The number of nitrogens with two attached hydrogens (primary N) is 1. The number of ether oxygens (including phenoxy) is 1. The van der Waals surface area contributed by atoms with Gasteiger partial charge < -0.3 is 21.1 Å². The smallest absolute Gasteiger partial charge is 0.325 e. The highest BCUT2D eigenvalue weighted by atomic mass is 16.5. The first-order chi connectivity index (χ1) is 8.52. The average molecular weight is 251 g/mol. The minimum Gasteiger partial charge on any atom is -0.468 e. The number of hydrogen-bond donors (Lipinski definition) is 3. The molecule has 0 radical (unpaired) electrons. The Kier molecular flexibility index (Phi) is 4.67. The second-order valence-corrected chi connectivity index (χ2v) is 3.33. The van der Waals surface area contributed by atoms with E-state index < -0.39 is 17.9 Å². The Morgan fingerprint density at radius 2 is 1.83 bits per heavy atom. The molecule has 4 N–H and O–H groups in total. The lowest BCUT2D eigenvalue weighted by molar-refractivity contribution is -0.139. The van der Waals surface area contributed by atoms with Crippen LogP contribution in [0, 0.1) is 0 Å². The standard InChI is InChI=1S/C11H13N3O4/c1-18-9(15)6-13-11(17)14-8-4-2-7(3-5-8)10(12)16/h2-5H,6H2,1H3,(H2,12,16)(H2,13,14,17). The SMILES string of the molecule is COC(=O)CNC(=O)Nc1ccc(C(N)=O)cc1. The third-order valence-corrected chi connectivity index (χ3v) is 2.05. The van der Waals surface area contributed by atoms with E-state index in [2.05, 4.69) is 15.4 Å². The fourth-order valence-corrected chi connectivity index (χ4v) is 1.12. The first kappa shape index (κ1) is 13.5. The van der Waals surface area contributed by atoms with E-state index in [0.717, 1.165) is 0 Å². The van der Waals surface area contributed by atoms with E-state index in [0.29, 0.717) is 11.3 Å². The summed E-state index contributed by atoms with van der Waals surface area (Å²) in [5.74, 6) is -1.09. The molecule has 1 rings (SSSR count). The van der Waals surface area contributed by atoms with Crippen LogP contribution in [-0.2, 0) is 9.53 Å². The van der Waals surface area contributed by atoms with E-state index in [9.17, 15) is 14.4 Å². The maximum Gasteiger partial charge on any atom is 0.325 e. The largest absolute Gasteiger partial charge is 0.468 e. The number of primary amides is 1. The molecule has 0 aromatic heterocycles. The van der Waals surface area contributed by atoms with Gasteiger partial charge in [0.1, 0.15) is 6.54 Å². The molecule has 0 unspecified atom stereocenters. The van der Waals surface area contributed by atoms with Gasteiger partial charge in [0.2, 0.25) is 5.91 Å². The fraction of sp³-hybridized carbons (Fsp3) is 0.182. The zero-order chi connectivity index (χ0) is 13.5. The molecule has 7 heteroatoms. The minimum absolute atomic E-state index is 0.221. The highest BCUT2D eigenvalue weighted by molar-refractivity contribution is 5.94. The van der Waals surface area contributed by atoms with Gasteiger partial charge in [-0.2, -0.15) is 0 Å². The summed E-state index contributed by atoms with van der Waals surface area (Å²) in [6.07, 6.45) is 0. The number of amides is 3. The van der Waals surface area contributed by atoms with Crippen molar-refractivity contribution >= 4 is 23.6 Å². The van der Waals surface area contributed by atoms with Crippen molar-refractivity contribution in [2.45, 2.75) is 0 Å². The Morgan fingerprint density at radius 3 is 2.33 bits per heavy atom. The molecule has 0 heterocycles. The van der Waals surface area contributed by atoms with Gasteiger partial charge in [-0.15, -0.1) is 0 Å². The Labute approximate surface area is 103 Å². The maximum absolute atomic E-state index is 11.3. The number of esters is 1. The number of carbonyl (C=O) groups excluding carboxylic acids is 3. The molecular weight excluding hydrogens is 238 g/mol. The molecule has 3 amide bonds. The zero-order valence-corrected chi connectivity index (χ0v) is 9.73. The summed E-state index contributed by atoms with van der Waals surface area (Å²) in [4.78, 5) is 32.9. The van der Waals surface area contributed by atoms with Crippen LogP contribution in [0.2, 0.25) is 0 Å². The fourth-order valence-electron chi connectivity index (χ4n) is 1.12. The van der Waals surface area contributed by atoms with Gasteiger partial charge in [-0.3, -0.25) is 9.59 Å². The number of urea groups is 1. The van der Waals surface area contributed by atoms with E-state index in [1.54, 1.807) is 0 Å². The van der Waals surface area contributed by atoms with Crippen molar-refractivity contribution in [3.63, 3.8) is 0 Å². The van der Waals surface area contributed by atoms with Crippen molar-refractivity contribution in [3.05, 3.63) is 29.8 Å². The summed E-state index contributed by atoms with van der Waals surface area (Å²) in [6, 6.07) is 5.47. The van der Waals surface area contributed by atoms with Crippen molar-refractivity contribution in [3.8, 4) is 0 Å². The lowest BCUT2D eigenvalue weighted by Gasteiger charge is -2.06. The highest BCUT2D eigenvalue weighted by Crippen LogP contribution is 2.08. The first-order valence-corrected chi connectivity index (χ1v) is 5.04. The molecule has 7 nitrogen and oxygen atoms in total. The first-order valence-electron chi connectivity index (χ1n) is 5.04. The van der Waals surface area contributed by atoms with E-state index in [-0.39, 0.29) is 6.54 Å². The molecule has 0 saturated heterocycles. The highest BCUT2D eigenvalue weighted by Gasteiger charge is 2.05. The van der Waals surface area contributed by atoms with Gasteiger partial charge in [-0.05, 0) is 24.3 Å². The number of hydrogen-bond acceptors (Lipinski definition) is 4. The van der Waals surface area contributed by atoms with Crippen LogP contribution in [0.4, 0.5) is 10.5 Å². The number of benzene rings is 1. The molecule has 0 spiro atoms. The van der Waals surface area contributed by atoms with Crippen LogP contribution >= 0.6 is 0 Å². The molecule has 1 aromatic carbocycles. The van der Waals surface area contributed by atoms with Gasteiger partial charge in [0.25, 0.3) is 0 Å². The third-order valence-electron chi connectivity index (χ3n) is 2.05. The topological polar surface area (TPSA) is 111 Å². The molecular formula is C11H13N3O4. The minimum atomic E-state index is -0.549. The third kappa shape index (κ3) is 4.12. The lowest BCUT2D eigenvalue weighted by atomic mass is 10.2. The molecule has 0 aliphatic carbocycles. The Morgan fingerprint density at radius 1 is 1.22 bits per heavy atom. The second-order valence-electron chi connectivity index (χ2n) is 3.33. The van der Waals surface area contributed by atoms with Crippen molar-refractivity contribution < 1.29 is 19.1 Å². The quantitative estimate of drug-likeness (QED) is 0.658. The molecule has 96 valence electrons. The van der Waals surface area contributed by atoms with Gasteiger partial charge in [0.05, 0.1) is 7.11 Å². The van der Waals surface area contributed by atoms with E-state index in [1.165, 1.54) is 31.4 Å². The zero-order valence-electron chi connectivity index (χ0n) is 9.73. The summed E-state index contributed by atoms with van der Waals surface area (Å²) in [5.41, 5.74) is 5.89. The van der Waals surface area contributed by atoms with Crippen LogP contribution in [0.3, 0.4) is 0 Å². The molecule has 0 bridgehead atoms. The number of anilines is 1. The lowest BCUT2D eigenvalue weighted by Crippen LogP contribution is -2.33. The summed E-state index contributed by atoms with van der Waals surface area (Å²) in [5, 5.41) is 4.78. The van der Waals surface area contributed by atoms with Crippen molar-refractivity contribution in [2.75, 3.05) is 19.0 Å². The summed E-state index contributed by atoms with van der Waals surface area (Å²) in [7, 11) is 1.23. The van der Waals surface area contributed by atoms with E-state index >= 15 is 0 Å². The summed E-state index contributed by atoms with van der Waals surface area (Å²) < 4.78 is 4.36. The van der Waals surface area contributed by atoms with Crippen LogP contribution in [-0.4, -0.2) is 31.6 Å². The number of carbonyl (C=O) groups is 3. The number of nitrogens with one attached hydrogen (secondary N) is 2. The Hall–Kier alpha value is -2.57. The van der Waals surface area contributed by atoms with Crippen LogP contribution in [0.5, 0.6) is 0 Å². The van der Waals surface area contributed by atoms with Crippen LogP contribution in [0.15, 0.2) is 24.3 Å². The molecule has 0 fully saturated rings. The van der Waals surface area contributed by atoms with Crippen LogP contribution < -0.4 is 16.4 Å². The molecule has 0 aliphatic rings.